The monoisotopic (exact) mass is 441 g/mol. The van der Waals surface area contributed by atoms with Crippen LogP contribution in [0.15, 0.2) is 0 Å². The minimum absolute atomic E-state index is 0. The molecular formula is C11H20OWY-2. The van der Waals surface area contributed by atoms with Crippen molar-refractivity contribution in [2.24, 2.45) is 11.8 Å². The zero-order valence-corrected chi connectivity index (χ0v) is 15.6. The van der Waals surface area contributed by atoms with Gasteiger partial charge in [-0.05, 0) is 0 Å². The minimum atomic E-state index is 0. The first-order valence-electron chi connectivity index (χ1n) is 3.80. The summed E-state index contributed by atoms with van der Waals surface area (Å²) in [5, 5.41) is 0. The van der Waals surface area contributed by atoms with Gasteiger partial charge in [-0.25, -0.2) is 0 Å². The molecule has 0 heterocycles. The third-order valence-electron chi connectivity index (χ3n) is 1.54. The topological polar surface area (TPSA) is 17.1 Å². The van der Waals surface area contributed by atoms with Gasteiger partial charge in [-0.15, -0.1) is 0 Å². The van der Waals surface area contributed by atoms with E-state index in [0.29, 0.717) is 5.92 Å². The third-order valence-corrected chi connectivity index (χ3v) is 1.54. The number of hydrogen-bond acceptors (Lipinski definition) is 1. The molecule has 3 heteroatoms. The molecule has 0 bridgehead atoms. The standard InChI is InChI=1S/C8H16.C2HO.CH3.W.Y/c1-5-8(6-2)7(3)4;1-2-3;;;/h5-8H,1-4H3;1H;1H3;;/q-2;2*-1;+2;. The summed E-state index contributed by atoms with van der Waals surface area (Å²) >= 11 is 0. The number of hydrogen-bond donors (Lipinski definition) is 0. The molecule has 0 fully saturated rings. The van der Waals surface area contributed by atoms with E-state index in [1.807, 2.05) is 0 Å². The van der Waals surface area contributed by atoms with E-state index in [-0.39, 0.29) is 61.2 Å². The predicted octanol–water partition coefficient (Wildman–Crippen LogP) is 2.96. The molecule has 0 rings (SSSR count). The van der Waals surface area contributed by atoms with Crippen LogP contribution >= 0.6 is 0 Å². The van der Waals surface area contributed by atoms with Gasteiger partial charge in [-0.3, -0.25) is 12.2 Å². The van der Waals surface area contributed by atoms with Crippen LogP contribution in [0.3, 0.4) is 0 Å². The molecule has 0 amide bonds. The Morgan fingerprint density at radius 1 is 1.21 bits per heavy atom. The summed E-state index contributed by atoms with van der Waals surface area (Å²) in [5.74, 6) is 1.47. The van der Waals surface area contributed by atoms with E-state index in [4.69, 9.17) is 4.79 Å². The molecule has 0 atom stereocenters. The van der Waals surface area contributed by atoms with Gasteiger partial charge >= 0.3 is 21.1 Å². The SMILES string of the molecule is C[CH-]C([CH-]C)C(C)C.[CH3-].[CH][C-]=O.[W+2].[Y]. The normalized spacial score (nSPS) is 7.36. The van der Waals surface area contributed by atoms with Crippen LogP contribution in [0, 0.1) is 39.0 Å². The summed E-state index contributed by atoms with van der Waals surface area (Å²) in [6.07, 6.45) is 5.48. The molecule has 0 aromatic carbocycles. The molecule has 0 aromatic heterocycles. The van der Waals surface area contributed by atoms with Crippen LogP contribution in [-0.4, -0.2) is 6.29 Å². The first kappa shape index (κ1) is 29.5. The molecule has 81 valence electrons. The van der Waals surface area contributed by atoms with Crippen molar-refractivity contribution in [3.63, 3.8) is 0 Å². The summed E-state index contributed by atoms with van der Waals surface area (Å²) in [5.41, 5.74) is 0. The zero-order chi connectivity index (χ0) is 9.28. The molecule has 3 radical (unpaired) electrons. The van der Waals surface area contributed by atoms with Crippen molar-refractivity contribution in [3.05, 3.63) is 27.2 Å². The van der Waals surface area contributed by atoms with Gasteiger partial charge in [-0.1, -0.05) is 19.8 Å². The molecule has 0 saturated heterocycles. The van der Waals surface area contributed by atoms with Gasteiger partial charge in [0.15, 0.2) is 0 Å². The molecule has 0 saturated carbocycles. The molecule has 0 unspecified atom stereocenters. The molecule has 0 N–H and O–H groups in total. The summed E-state index contributed by atoms with van der Waals surface area (Å²) in [4.78, 5) is 8.46. The zero-order valence-electron chi connectivity index (χ0n) is 9.78. The minimum Gasteiger partial charge on any atom is -0.542 e. The van der Waals surface area contributed by atoms with Gasteiger partial charge in [-0.2, -0.15) is 20.8 Å². The fraction of sp³-hybridized carbons (Fsp3) is 0.545. The number of carbonyl (C=O) groups excluding carboxylic acids is 1. The van der Waals surface area contributed by atoms with Crippen molar-refractivity contribution in [2.75, 3.05) is 0 Å². The van der Waals surface area contributed by atoms with E-state index in [0.717, 1.165) is 12.2 Å². The van der Waals surface area contributed by atoms with Gasteiger partial charge in [0.25, 0.3) is 0 Å². The summed E-state index contributed by atoms with van der Waals surface area (Å²) in [7, 11) is 0. The van der Waals surface area contributed by atoms with Crippen molar-refractivity contribution in [3.8, 4) is 0 Å². The first-order chi connectivity index (χ1) is 5.13. The number of rotatable bonds is 3. The Labute approximate surface area is 130 Å². The van der Waals surface area contributed by atoms with Crippen LogP contribution in [0.5, 0.6) is 0 Å². The molecular weight excluding hydrogens is 421 g/mol. The smallest absolute Gasteiger partial charge is 0.542 e. The quantitative estimate of drug-likeness (QED) is 0.617. The summed E-state index contributed by atoms with van der Waals surface area (Å²) < 4.78 is 0. The third kappa shape index (κ3) is 23.4. The molecule has 0 aliphatic heterocycles. The van der Waals surface area contributed by atoms with Crippen molar-refractivity contribution in [1.82, 2.24) is 0 Å². The first-order valence-corrected chi connectivity index (χ1v) is 3.80. The summed E-state index contributed by atoms with van der Waals surface area (Å²) in [6.45, 7) is 12.8. The largest absolute Gasteiger partial charge is 2.00 e. The van der Waals surface area contributed by atoms with Gasteiger partial charge in [0, 0.05) is 32.7 Å². The van der Waals surface area contributed by atoms with Gasteiger partial charge in [0.2, 0.25) is 0 Å². The van der Waals surface area contributed by atoms with E-state index in [1.54, 1.807) is 0 Å². The molecule has 0 aliphatic carbocycles. The Morgan fingerprint density at radius 2 is 1.43 bits per heavy atom. The molecule has 1 nitrogen and oxygen atoms in total. The maximum Gasteiger partial charge on any atom is 2.00 e. The fourth-order valence-corrected chi connectivity index (χ4v) is 0.962. The maximum atomic E-state index is 8.46. The second-order valence-corrected chi connectivity index (χ2v) is 2.61. The molecule has 0 aromatic rings. The van der Waals surface area contributed by atoms with Crippen LogP contribution in [0.4, 0.5) is 0 Å². The van der Waals surface area contributed by atoms with Crippen molar-refractivity contribution in [2.45, 2.75) is 27.7 Å². The van der Waals surface area contributed by atoms with Crippen LogP contribution in [-0.2, 0) is 58.6 Å². The molecule has 14 heavy (non-hydrogen) atoms. The van der Waals surface area contributed by atoms with E-state index in [2.05, 4.69) is 47.5 Å². The second kappa shape index (κ2) is 23.9. The molecule has 0 spiro atoms. The van der Waals surface area contributed by atoms with Crippen LogP contribution in [0.1, 0.15) is 27.7 Å². The average Bonchev–Trinajstić information content (AvgIpc) is 1.91. The van der Waals surface area contributed by atoms with Crippen LogP contribution in [0.2, 0.25) is 0 Å². The Kier molecular flexibility index (Phi) is 50.5. The van der Waals surface area contributed by atoms with Gasteiger partial charge in [0.1, 0.15) is 0 Å². The Hall–Kier alpha value is 1.46. The maximum absolute atomic E-state index is 8.46. The van der Waals surface area contributed by atoms with Gasteiger partial charge in [0.05, 0.1) is 0 Å². The van der Waals surface area contributed by atoms with E-state index in [1.165, 1.54) is 0 Å². The Bertz CT molecular complexity index is 83.4. The van der Waals surface area contributed by atoms with Gasteiger partial charge < -0.3 is 25.1 Å². The predicted molar refractivity (Wildman–Crippen MR) is 54.7 cm³/mol. The molecule has 0 aliphatic rings. The van der Waals surface area contributed by atoms with E-state index >= 15 is 0 Å². The Morgan fingerprint density at radius 3 is 1.43 bits per heavy atom. The average molecular weight is 441 g/mol. The van der Waals surface area contributed by atoms with Crippen molar-refractivity contribution in [1.29, 1.82) is 0 Å². The van der Waals surface area contributed by atoms with Crippen LogP contribution < -0.4 is 0 Å². The second-order valence-electron chi connectivity index (χ2n) is 2.61. The van der Waals surface area contributed by atoms with E-state index in [9.17, 15) is 0 Å². The summed E-state index contributed by atoms with van der Waals surface area (Å²) in [6, 6.07) is 0. The van der Waals surface area contributed by atoms with Crippen LogP contribution in [0.25, 0.3) is 0 Å². The fourth-order valence-electron chi connectivity index (χ4n) is 0.962. The van der Waals surface area contributed by atoms with Crippen molar-refractivity contribution >= 4 is 6.29 Å². The van der Waals surface area contributed by atoms with E-state index < -0.39 is 0 Å². The van der Waals surface area contributed by atoms with Crippen molar-refractivity contribution < 1.29 is 58.6 Å². The Balaban J connectivity index is -0.0000000405.